The van der Waals surface area contributed by atoms with Crippen LogP contribution in [0.3, 0.4) is 0 Å². The van der Waals surface area contributed by atoms with E-state index in [9.17, 15) is 4.79 Å². The van der Waals surface area contributed by atoms with Crippen LogP contribution < -0.4 is 9.80 Å². The Balaban J connectivity index is 1.84. The number of aryl methyl sites for hydroxylation is 1. The molecule has 0 atom stereocenters. The van der Waals surface area contributed by atoms with Crippen LogP contribution in [0.25, 0.3) is 6.08 Å². The largest absolute Gasteiger partial charge is 0.465 e. The predicted molar refractivity (Wildman–Crippen MR) is 107 cm³/mol. The molecule has 0 aliphatic carbocycles. The quantitative estimate of drug-likeness (QED) is 0.498. The Kier molecular flexibility index (Phi) is 4.14. The van der Waals surface area contributed by atoms with Crippen molar-refractivity contribution in [2.75, 3.05) is 9.80 Å². The summed E-state index contributed by atoms with van der Waals surface area (Å²) in [6.07, 6.45) is 3.30. The number of furan rings is 1. The van der Waals surface area contributed by atoms with E-state index in [2.05, 4.69) is 0 Å². The molecule has 1 aliphatic rings. The average Bonchev–Trinajstić information content (AvgIpc) is 3.24. The first-order valence-electron chi connectivity index (χ1n) is 8.20. The topological polar surface area (TPSA) is 36.7 Å². The van der Waals surface area contributed by atoms with Gasteiger partial charge in [-0.2, -0.15) is 0 Å². The number of thiocarbonyl (C=S) groups is 1. The monoisotopic (exact) mass is 360 g/mol. The summed E-state index contributed by atoms with van der Waals surface area (Å²) >= 11 is 5.67. The molecule has 1 amide bonds. The fourth-order valence-corrected chi connectivity index (χ4v) is 3.27. The van der Waals surface area contributed by atoms with Crippen molar-refractivity contribution in [1.29, 1.82) is 0 Å². The Morgan fingerprint density at radius 1 is 0.885 bits per heavy atom. The maximum atomic E-state index is 13.2. The van der Waals surface area contributed by atoms with Crippen LogP contribution in [-0.4, -0.2) is 11.0 Å². The molecule has 1 aromatic heterocycles. The molecule has 0 unspecified atom stereocenters. The summed E-state index contributed by atoms with van der Waals surface area (Å²) in [5, 5.41) is 0.419. The van der Waals surface area contributed by atoms with Gasteiger partial charge in [0, 0.05) is 11.8 Å². The summed E-state index contributed by atoms with van der Waals surface area (Å²) in [6.45, 7) is 2.02. The normalized spacial score (nSPS) is 16.0. The van der Waals surface area contributed by atoms with E-state index in [1.54, 1.807) is 28.2 Å². The maximum Gasteiger partial charge on any atom is 0.281 e. The minimum atomic E-state index is -0.182. The van der Waals surface area contributed by atoms with Crippen LogP contribution in [0.4, 0.5) is 11.4 Å². The van der Waals surface area contributed by atoms with E-state index in [4.69, 9.17) is 16.6 Å². The number of hydrogen-bond acceptors (Lipinski definition) is 3. The molecule has 1 fully saturated rings. The van der Waals surface area contributed by atoms with Gasteiger partial charge >= 0.3 is 0 Å². The minimum Gasteiger partial charge on any atom is -0.465 e. The molecule has 2 aromatic carbocycles. The van der Waals surface area contributed by atoms with Crippen molar-refractivity contribution in [3.05, 3.63) is 90.0 Å². The van der Waals surface area contributed by atoms with Gasteiger partial charge in [0.15, 0.2) is 5.11 Å². The molecule has 5 heteroatoms. The molecule has 4 nitrogen and oxygen atoms in total. The van der Waals surface area contributed by atoms with Crippen LogP contribution in [0.5, 0.6) is 0 Å². The van der Waals surface area contributed by atoms with Gasteiger partial charge in [-0.3, -0.25) is 14.6 Å². The van der Waals surface area contributed by atoms with Crippen LogP contribution in [0, 0.1) is 6.92 Å². The van der Waals surface area contributed by atoms with Crippen molar-refractivity contribution in [2.45, 2.75) is 6.92 Å². The van der Waals surface area contributed by atoms with Gasteiger partial charge in [0.25, 0.3) is 5.91 Å². The number of para-hydroxylation sites is 1. The molecule has 0 bridgehead atoms. The van der Waals surface area contributed by atoms with Crippen LogP contribution in [0.15, 0.2) is 83.1 Å². The van der Waals surface area contributed by atoms with Gasteiger partial charge in [0.1, 0.15) is 11.5 Å². The van der Waals surface area contributed by atoms with E-state index in [1.165, 1.54) is 0 Å². The average molecular weight is 360 g/mol. The Morgan fingerprint density at radius 3 is 2.23 bits per heavy atom. The number of nitrogens with zero attached hydrogens (tertiary/aromatic N) is 2. The minimum absolute atomic E-state index is 0.182. The second-order valence-corrected chi connectivity index (χ2v) is 6.34. The van der Waals surface area contributed by atoms with E-state index < -0.39 is 0 Å². The van der Waals surface area contributed by atoms with E-state index in [0.717, 1.165) is 16.9 Å². The fourth-order valence-electron chi connectivity index (χ4n) is 2.88. The van der Waals surface area contributed by atoms with Gasteiger partial charge in [-0.15, -0.1) is 0 Å². The summed E-state index contributed by atoms with van der Waals surface area (Å²) < 4.78 is 5.41. The highest BCUT2D eigenvalue weighted by atomic mass is 32.1. The first-order valence-corrected chi connectivity index (χ1v) is 8.61. The zero-order valence-electron chi connectivity index (χ0n) is 14.1. The number of hydrogen-bond donors (Lipinski definition) is 0. The Labute approximate surface area is 157 Å². The summed E-state index contributed by atoms with van der Waals surface area (Å²) in [7, 11) is 0. The van der Waals surface area contributed by atoms with Crippen molar-refractivity contribution in [2.24, 2.45) is 0 Å². The Hall–Kier alpha value is -3.18. The number of benzene rings is 2. The zero-order chi connectivity index (χ0) is 18.1. The van der Waals surface area contributed by atoms with Crippen LogP contribution >= 0.6 is 12.2 Å². The van der Waals surface area contributed by atoms with Crippen molar-refractivity contribution in [3.63, 3.8) is 0 Å². The third-order valence-electron chi connectivity index (χ3n) is 4.17. The number of rotatable bonds is 3. The SMILES string of the molecule is Cc1ccc(N2C(=S)N(c3ccccc3)C(=O)/C2=C\c2ccco2)cc1. The molecule has 4 rings (SSSR count). The molecule has 1 saturated heterocycles. The van der Waals surface area contributed by atoms with Gasteiger partial charge in [0.05, 0.1) is 12.0 Å². The van der Waals surface area contributed by atoms with Gasteiger partial charge in [-0.1, -0.05) is 35.9 Å². The van der Waals surface area contributed by atoms with Crippen molar-refractivity contribution in [1.82, 2.24) is 0 Å². The number of carbonyl (C=O) groups excluding carboxylic acids is 1. The molecule has 128 valence electrons. The van der Waals surface area contributed by atoms with Gasteiger partial charge < -0.3 is 4.42 Å². The smallest absolute Gasteiger partial charge is 0.281 e. The van der Waals surface area contributed by atoms with Crippen molar-refractivity contribution >= 4 is 40.7 Å². The molecule has 0 N–H and O–H groups in total. The third-order valence-corrected chi connectivity index (χ3v) is 4.54. The second kappa shape index (κ2) is 6.61. The fraction of sp³-hybridized carbons (Fsp3) is 0.0476. The molecule has 2 heterocycles. The van der Waals surface area contributed by atoms with Crippen LogP contribution in [0.1, 0.15) is 11.3 Å². The van der Waals surface area contributed by atoms with Crippen molar-refractivity contribution in [3.8, 4) is 0 Å². The Bertz CT molecular complexity index is 977. The first-order chi connectivity index (χ1) is 12.6. The van der Waals surface area contributed by atoms with Gasteiger partial charge in [-0.25, -0.2) is 0 Å². The molecule has 0 radical (unpaired) electrons. The summed E-state index contributed by atoms with van der Waals surface area (Å²) in [5.41, 5.74) is 3.17. The highest BCUT2D eigenvalue weighted by Gasteiger charge is 2.40. The standard InChI is InChI=1S/C21H16N2O2S/c1-15-9-11-17(12-10-15)22-19(14-18-8-5-13-25-18)20(24)23(21(22)26)16-6-3-2-4-7-16/h2-14H,1H3/b19-14+. The lowest BCUT2D eigenvalue weighted by molar-refractivity contribution is -0.113. The molecule has 1 aliphatic heterocycles. The van der Waals surface area contributed by atoms with E-state index in [1.807, 2.05) is 67.6 Å². The summed E-state index contributed by atoms with van der Waals surface area (Å²) in [6, 6.07) is 20.9. The maximum absolute atomic E-state index is 13.2. The molecular formula is C21H16N2O2S. The highest BCUT2D eigenvalue weighted by Crippen LogP contribution is 2.33. The molecule has 26 heavy (non-hydrogen) atoms. The lowest BCUT2D eigenvalue weighted by atomic mass is 10.2. The zero-order valence-corrected chi connectivity index (χ0v) is 14.9. The van der Waals surface area contributed by atoms with Gasteiger partial charge in [0.2, 0.25) is 0 Å². The third kappa shape index (κ3) is 2.82. The predicted octanol–water partition coefficient (Wildman–Crippen LogP) is 4.77. The van der Waals surface area contributed by atoms with Gasteiger partial charge in [-0.05, 0) is 55.5 Å². The second-order valence-electron chi connectivity index (χ2n) is 5.97. The highest BCUT2D eigenvalue weighted by molar-refractivity contribution is 7.81. The molecule has 0 saturated carbocycles. The summed E-state index contributed by atoms with van der Waals surface area (Å²) in [5.74, 6) is 0.418. The number of amides is 1. The van der Waals surface area contributed by atoms with Crippen LogP contribution in [-0.2, 0) is 4.79 Å². The first kappa shape index (κ1) is 16.3. The van der Waals surface area contributed by atoms with Crippen molar-refractivity contribution < 1.29 is 9.21 Å². The molecular weight excluding hydrogens is 344 g/mol. The van der Waals surface area contributed by atoms with E-state index in [0.29, 0.717) is 16.6 Å². The number of carbonyl (C=O) groups is 1. The molecule has 0 spiro atoms. The lowest BCUT2D eigenvalue weighted by Gasteiger charge is -2.20. The Morgan fingerprint density at radius 2 is 1.58 bits per heavy atom. The van der Waals surface area contributed by atoms with Crippen LogP contribution in [0.2, 0.25) is 0 Å². The lowest BCUT2D eigenvalue weighted by Crippen LogP contribution is -2.32. The molecule has 3 aromatic rings. The summed E-state index contributed by atoms with van der Waals surface area (Å²) in [4.78, 5) is 16.5. The van der Waals surface area contributed by atoms with E-state index >= 15 is 0 Å². The number of anilines is 2. The van der Waals surface area contributed by atoms with E-state index in [-0.39, 0.29) is 5.91 Å².